The van der Waals surface area contributed by atoms with Crippen LogP contribution >= 0.6 is 11.3 Å². The number of aromatic amines is 1. The minimum atomic E-state index is -0.625. The summed E-state index contributed by atoms with van der Waals surface area (Å²) >= 11 is 1.17. The predicted molar refractivity (Wildman–Crippen MR) is 108 cm³/mol. The van der Waals surface area contributed by atoms with Gasteiger partial charge in [-0.2, -0.15) is 0 Å². The van der Waals surface area contributed by atoms with E-state index in [4.69, 9.17) is 4.74 Å². The Morgan fingerprint density at radius 1 is 1.41 bits per heavy atom. The Labute approximate surface area is 170 Å². The van der Waals surface area contributed by atoms with Gasteiger partial charge in [0.05, 0.1) is 17.8 Å². The molecule has 0 spiro atoms. The third kappa shape index (κ3) is 4.29. The minimum absolute atomic E-state index is 0.193. The van der Waals surface area contributed by atoms with Gasteiger partial charge in [-0.25, -0.2) is 14.2 Å². The van der Waals surface area contributed by atoms with E-state index in [1.54, 1.807) is 32.9 Å². The normalized spacial score (nSPS) is 15.3. The number of halogens is 1. The number of rotatable bonds is 4. The number of aromatic nitrogens is 3. The zero-order chi connectivity index (χ0) is 20.8. The van der Waals surface area contributed by atoms with Crippen LogP contribution in [0.15, 0.2) is 29.3 Å². The average molecular weight is 416 g/mol. The molecule has 0 aromatic carbocycles. The summed E-state index contributed by atoms with van der Waals surface area (Å²) in [5, 5.41) is 2.83. The summed E-state index contributed by atoms with van der Waals surface area (Å²) < 4.78 is 19.8. The largest absolute Gasteiger partial charge is 0.444 e. The molecular formula is C20H21FN4O3S. The van der Waals surface area contributed by atoms with Gasteiger partial charge in [-0.1, -0.05) is 0 Å². The Balaban J connectivity index is 1.69. The van der Waals surface area contributed by atoms with Gasteiger partial charge < -0.3 is 15.0 Å². The summed E-state index contributed by atoms with van der Waals surface area (Å²) in [6.45, 7) is 5.36. The number of amides is 1. The van der Waals surface area contributed by atoms with Crippen molar-refractivity contribution in [1.29, 1.82) is 0 Å². The van der Waals surface area contributed by atoms with Crippen LogP contribution in [0.25, 0.3) is 20.7 Å². The molecule has 7 nitrogen and oxygen atoms in total. The molecule has 29 heavy (non-hydrogen) atoms. The first-order valence-electron chi connectivity index (χ1n) is 9.34. The van der Waals surface area contributed by atoms with Crippen molar-refractivity contribution in [2.75, 3.05) is 0 Å². The number of hydrogen-bond acceptors (Lipinski definition) is 6. The Bertz CT molecular complexity index is 1130. The smallest absolute Gasteiger partial charge is 0.408 e. The summed E-state index contributed by atoms with van der Waals surface area (Å²) in [6, 6.07) is 2.81. The van der Waals surface area contributed by atoms with E-state index in [9.17, 15) is 14.0 Å². The molecule has 2 N–H and O–H groups in total. The van der Waals surface area contributed by atoms with Gasteiger partial charge in [0.2, 0.25) is 0 Å². The summed E-state index contributed by atoms with van der Waals surface area (Å²) in [5.74, 6) is 0.118. The average Bonchev–Trinajstić information content (AvgIpc) is 3.37. The first-order chi connectivity index (χ1) is 13.7. The van der Waals surface area contributed by atoms with Crippen LogP contribution in [-0.2, 0) is 4.74 Å². The molecule has 0 bridgehead atoms. The van der Waals surface area contributed by atoms with Crippen molar-refractivity contribution in [3.63, 3.8) is 0 Å². The second-order valence-electron chi connectivity index (χ2n) is 8.09. The SMILES string of the molecule is CC(C)(C)OC(=O)N[C@H](c1nc2cc(-c3ccncc3F)sc2c(=O)[nH]1)C1CC1. The molecule has 4 rings (SSSR count). The van der Waals surface area contributed by atoms with Crippen LogP contribution in [0.3, 0.4) is 0 Å². The quantitative estimate of drug-likeness (QED) is 0.666. The highest BCUT2D eigenvalue weighted by molar-refractivity contribution is 7.22. The molecule has 1 atom stereocenters. The molecule has 3 heterocycles. The standard InChI is InChI=1S/C20H21FN4O3S/c1-20(2,3)28-19(27)24-15(10-4-5-10)17-23-13-8-14(29-16(13)18(26)25-17)11-6-7-22-9-12(11)21/h6-10,15H,4-5H2,1-3H3,(H,24,27)(H,23,25,26)/t15-/m0/s1. The highest BCUT2D eigenvalue weighted by Crippen LogP contribution is 2.40. The Kier molecular flexibility index (Phi) is 4.85. The second kappa shape index (κ2) is 7.22. The van der Waals surface area contributed by atoms with Crippen molar-refractivity contribution in [1.82, 2.24) is 20.3 Å². The number of alkyl carbamates (subject to hydrolysis) is 1. The molecule has 0 aliphatic heterocycles. The first kappa shape index (κ1) is 19.5. The van der Waals surface area contributed by atoms with Crippen LogP contribution in [0.2, 0.25) is 0 Å². The van der Waals surface area contributed by atoms with E-state index in [1.165, 1.54) is 17.5 Å². The minimum Gasteiger partial charge on any atom is -0.444 e. The van der Waals surface area contributed by atoms with E-state index in [0.717, 1.165) is 19.0 Å². The highest BCUT2D eigenvalue weighted by Gasteiger charge is 2.36. The van der Waals surface area contributed by atoms with Crippen LogP contribution in [0.5, 0.6) is 0 Å². The first-order valence-corrected chi connectivity index (χ1v) is 10.2. The van der Waals surface area contributed by atoms with Gasteiger partial charge in [-0.15, -0.1) is 11.3 Å². The molecule has 152 valence electrons. The molecule has 1 aliphatic carbocycles. The van der Waals surface area contributed by atoms with Gasteiger partial charge in [0, 0.05) is 16.6 Å². The van der Waals surface area contributed by atoms with Gasteiger partial charge in [0.25, 0.3) is 5.56 Å². The van der Waals surface area contributed by atoms with Crippen LogP contribution < -0.4 is 10.9 Å². The van der Waals surface area contributed by atoms with Crippen molar-refractivity contribution in [3.05, 3.63) is 46.5 Å². The van der Waals surface area contributed by atoms with Crippen molar-refractivity contribution in [3.8, 4) is 10.4 Å². The zero-order valence-electron chi connectivity index (χ0n) is 16.3. The van der Waals surface area contributed by atoms with Crippen LogP contribution in [-0.4, -0.2) is 26.6 Å². The molecule has 1 aliphatic rings. The molecule has 3 aromatic heterocycles. The molecule has 0 unspecified atom stereocenters. The van der Waals surface area contributed by atoms with Crippen LogP contribution in [0.4, 0.5) is 9.18 Å². The Morgan fingerprint density at radius 3 is 2.83 bits per heavy atom. The third-order valence-electron chi connectivity index (χ3n) is 4.50. The Hall–Kier alpha value is -2.81. The molecule has 1 saturated carbocycles. The number of ether oxygens (including phenoxy) is 1. The predicted octanol–water partition coefficient (Wildman–Crippen LogP) is 4.16. The molecular weight excluding hydrogens is 395 g/mol. The van der Waals surface area contributed by atoms with Crippen molar-refractivity contribution in [2.24, 2.45) is 5.92 Å². The maximum absolute atomic E-state index is 14.1. The lowest BCUT2D eigenvalue weighted by Crippen LogP contribution is -2.37. The fourth-order valence-electron chi connectivity index (χ4n) is 3.09. The summed E-state index contributed by atoms with van der Waals surface area (Å²) in [7, 11) is 0. The van der Waals surface area contributed by atoms with Crippen molar-refractivity contribution in [2.45, 2.75) is 45.3 Å². The summed E-state index contributed by atoms with van der Waals surface area (Å²) in [4.78, 5) is 36.6. The van der Waals surface area contributed by atoms with E-state index in [1.807, 2.05) is 0 Å². The Morgan fingerprint density at radius 2 is 2.17 bits per heavy atom. The lowest BCUT2D eigenvalue weighted by Gasteiger charge is -2.23. The number of carbonyl (C=O) groups is 1. The number of nitrogens with one attached hydrogen (secondary N) is 2. The van der Waals surface area contributed by atoms with Gasteiger partial charge in [0.1, 0.15) is 21.9 Å². The number of hydrogen-bond donors (Lipinski definition) is 2. The van der Waals surface area contributed by atoms with E-state index in [2.05, 4.69) is 20.3 Å². The van der Waals surface area contributed by atoms with Gasteiger partial charge in [-0.05, 0) is 51.7 Å². The maximum atomic E-state index is 14.1. The highest BCUT2D eigenvalue weighted by atomic mass is 32.1. The monoisotopic (exact) mass is 416 g/mol. The van der Waals surface area contributed by atoms with Gasteiger partial charge in [-0.3, -0.25) is 9.78 Å². The molecule has 9 heteroatoms. The van der Waals surface area contributed by atoms with E-state index in [-0.39, 0.29) is 11.5 Å². The lowest BCUT2D eigenvalue weighted by atomic mass is 10.1. The molecule has 1 amide bonds. The van der Waals surface area contributed by atoms with Gasteiger partial charge >= 0.3 is 6.09 Å². The van der Waals surface area contributed by atoms with Crippen LogP contribution in [0, 0.1) is 11.7 Å². The van der Waals surface area contributed by atoms with E-state index in [0.29, 0.717) is 26.5 Å². The van der Waals surface area contributed by atoms with E-state index < -0.39 is 23.6 Å². The number of fused-ring (bicyclic) bond motifs is 1. The summed E-state index contributed by atoms with van der Waals surface area (Å²) in [5.41, 5.74) is -0.0987. The van der Waals surface area contributed by atoms with Crippen molar-refractivity contribution >= 4 is 27.6 Å². The molecule has 1 fully saturated rings. The number of thiophene rings is 1. The zero-order valence-corrected chi connectivity index (χ0v) is 17.1. The third-order valence-corrected chi connectivity index (χ3v) is 5.66. The summed E-state index contributed by atoms with van der Waals surface area (Å²) in [6.07, 6.45) is 3.94. The fraction of sp³-hybridized carbons (Fsp3) is 0.400. The lowest BCUT2D eigenvalue weighted by molar-refractivity contribution is 0.0494. The topological polar surface area (TPSA) is 97.0 Å². The maximum Gasteiger partial charge on any atom is 0.408 e. The van der Waals surface area contributed by atoms with Crippen LogP contribution in [0.1, 0.15) is 45.5 Å². The molecule has 0 radical (unpaired) electrons. The number of H-pyrrole nitrogens is 1. The second-order valence-corrected chi connectivity index (χ2v) is 9.15. The molecule has 0 saturated heterocycles. The van der Waals surface area contributed by atoms with E-state index >= 15 is 0 Å². The molecule has 3 aromatic rings. The fourth-order valence-corrected chi connectivity index (χ4v) is 4.11. The van der Waals surface area contributed by atoms with Gasteiger partial charge in [0.15, 0.2) is 0 Å². The number of nitrogens with zero attached hydrogens (tertiary/aromatic N) is 2. The van der Waals surface area contributed by atoms with Crippen molar-refractivity contribution < 1.29 is 13.9 Å². The number of pyridine rings is 1. The number of carbonyl (C=O) groups excluding carboxylic acids is 1.